The Morgan fingerprint density at radius 3 is 1.81 bits per heavy atom. The van der Waals surface area contributed by atoms with Crippen LogP contribution in [0, 0.1) is 0 Å². The number of aliphatic hydroxyl groups excluding tert-OH is 1. The number of carbonyl (C=O) groups is 3. The molecule has 8 nitrogen and oxygen atoms in total. The molecule has 0 bridgehead atoms. The number of carbonyl (C=O) groups excluding carboxylic acids is 3. The molecule has 0 aromatic carbocycles. The minimum Gasteiger partial charge on any atom is -0.456 e. The lowest BCUT2D eigenvalue weighted by atomic mass is 9.99. The van der Waals surface area contributed by atoms with Crippen molar-refractivity contribution in [2.75, 3.05) is 4.43 Å². The lowest BCUT2D eigenvalue weighted by molar-refractivity contribution is -0.286. The first kappa shape index (κ1) is 18.1. The molecule has 9 heteroatoms. The van der Waals surface area contributed by atoms with E-state index in [1.807, 2.05) is 22.6 Å². The van der Waals surface area contributed by atoms with Gasteiger partial charge in [0.25, 0.3) is 0 Å². The minimum atomic E-state index is -1.48. The van der Waals surface area contributed by atoms with E-state index in [1.54, 1.807) is 0 Å². The number of alkyl halides is 1. The minimum absolute atomic E-state index is 0.372. The van der Waals surface area contributed by atoms with E-state index < -0.39 is 48.6 Å². The Bertz CT molecular complexity index is 412. The second-order valence-corrected chi connectivity index (χ2v) is 5.32. The van der Waals surface area contributed by atoms with Gasteiger partial charge in [-0.15, -0.1) is 0 Å². The predicted molar refractivity (Wildman–Crippen MR) is 76.4 cm³/mol. The molecule has 1 N–H and O–H groups in total. The zero-order chi connectivity index (χ0) is 16.2. The van der Waals surface area contributed by atoms with Crippen LogP contribution < -0.4 is 0 Å². The van der Waals surface area contributed by atoms with Gasteiger partial charge >= 0.3 is 17.9 Å². The van der Waals surface area contributed by atoms with Crippen LogP contribution in [0.15, 0.2) is 0 Å². The lowest BCUT2D eigenvalue weighted by Crippen LogP contribution is -2.61. The Morgan fingerprint density at radius 1 is 0.952 bits per heavy atom. The number of ether oxygens (including phenoxy) is 4. The maximum absolute atomic E-state index is 11.2. The third kappa shape index (κ3) is 5.08. The van der Waals surface area contributed by atoms with Crippen LogP contribution in [0.5, 0.6) is 0 Å². The molecule has 1 fully saturated rings. The number of hydrogen-bond donors (Lipinski definition) is 1. The molecule has 1 aliphatic rings. The Morgan fingerprint density at radius 2 is 1.38 bits per heavy atom. The molecule has 0 aromatic rings. The van der Waals surface area contributed by atoms with Gasteiger partial charge in [-0.1, -0.05) is 22.6 Å². The SMILES string of the molecule is CC(=O)O[C@@H]1[C@@H](OC(C)=O)[C@H](OC(C)=O)C(CI)O[C@H]1O. The summed E-state index contributed by atoms with van der Waals surface area (Å²) in [7, 11) is 0. The number of halogens is 1. The Hall–Kier alpha value is -0.940. The molecule has 0 radical (unpaired) electrons. The van der Waals surface area contributed by atoms with Crippen LogP contribution in [0.2, 0.25) is 0 Å². The van der Waals surface area contributed by atoms with Crippen molar-refractivity contribution in [3.63, 3.8) is 0 Å². The van der Waals surface area contributed by atoms with E-state index in [0.717, 1.165) is 13.8 Å². The molecule has 1 aliphatic heterocycles. The fourth-order valence-electron chi connectivity index (χ4n) is 2.00. The summed E-state index contributed by atoms with van der Waals surface area (Å²) in [6, 6.07) is 0. The van der Waals surface area contributed by atoms with Crippen molar-refractivity contribution in [1.29, 1.82) is 0 Å². The average molecular weight is 416 g/mol. The highest BCUT2D eigenvalue weighted by molar-refractivity contribution is 14.1. The lowest BCUT2D eigenvalue weighted by Gasteiger charge is -2.42. The molecule has 120 valence electrons. The standard InChI is InChI=1S/C12H17IO8/c1-5(14)18-9-8(4-13)21-12(17)11(20-7(3)16)10(9)19-6(2)15/h8-12,17H,4H2,1-3H3/t8?,9-,10+,11-,12-/m1/s1. The summed E-state index contributed by atoms with van der Waals surface area (Å²) in [4.78, 5) is 33.6. The van der Waals surface area contributed by atoms with E-state index in [2.05, 4.69) is 0 Å². The van der Waals surface area contributed by atoms with Crippen LogP contribution >= 0.6 is 22.6 Å². The van der Waals surface area contributed by atoms with Crippen LogP contribution in [-0.4, -0.2) is 58.1 Å². The highest BCUT2D eigenvalue weighted by atomic mass is 127. The molecule has 5 atom stereocenters. The van der Waals surface area contributed by atoms with Crippen LogP contribution in [0.1, 0.15) is 20.8 Å². The van der Waals surface area contributed by atoms with E-state index in [1.165, 1.54) is 6.92 Å². The van der Waals surface area contributed by atoms with Gasteiger partial charge in [0.2, 0.25) is 0 Å². The van der Waals surface area contributed by atoms with Gasteiger partial charge in [0.1, 0.15) is 6.10 Å². The van der Waals surface area contributed by atoms with Crippen molar-refractivity contribution in [2.45, 2.75) is 51.5 Å². The van der Waals surface area contributed by atoms with Gasteiger partial charge in [-0.2, -0.15) is 0 Å². The summed E-state index contributed by atoms with van der Waals surface area (Å²) in [6.45, 7) is 3.50. The molecule has 1 rings (SSSR count). The molecular weight excluding hydrogens is 399 g/mol. The van der Waals surface area contributed by atoms with Crippen molar-refractivity contribution < 1.29 is 38.4 Å². The van der Waals surface area contributed by atoms with Crippen LogP contribution in [0.25, 0.3) is 0 Å². The first-order valence-corrected chi connectivity index (χ1v) is 7.70. The van der Waals surface area contributed by atoms with Crippen molar-refractivity contribution in [2.24, 2.45) is 0 Å². The Balaban J connectivity index is 3.08. The summed E-state index contributed by atoms with van der Waals surface area (Å²) >= 11 is 1.98. The highest BCUT2D eigenvalue weighted by Gasteiger charge is 2.50. The van der Waals surface area contributed by atoms with Crippen LogP contribution in [0.3, 0.4) is 0 Å². The maximum Gasteiger partial charge on any atom is 0.303 e. The number of hydrogen-bond acceptors (Lipinski definition) is 8. The smallest absolute Gasteiger partial charge is 0.303 e. The topological polar surface area (TPSA) is 108 Å². The van der Waals surface area contributed by atoms with Crippen molar-refractivity contribution in [3.05, 3.63) is 0 Å². The molecule has 0 aromatic heterocycles. The number of esters is 3. The fraction of sp³-hybridized carbons (Fsp3) is 0.750. The first-order valence-electron chi connectivity index (χ1n) is 6.17. The Kier molecular flexibility index (Phi) is 6.81. The normalized spacial score (nSPS) is 32.1. The number of aliphatic hydroxyl groups is 1. The molecular formula is C12H17IO8. The van der Waals surface area contributed by atoms with Crippen molar-refractivity contribution in [3.8, 4) is 0 Å². The third-order valence-electron chi connectivity index (χ3n) is 2.67. The molecule has 0 saturated carbocycles. The summed E-state index contributed by atoms with van der Waals surface area (Å²) in [5.41, 5.74) is 0. The van der Waals surface area contributed by atoms with Gasteiger partial charge in [-0.05, 0) is 0 Å². The largest absolute Gasteiger partial charge is 0.456 e. The predicted octanol–water partition coefficient (Wildman–Crippen LogP) is -0.0663. The second kappa shape index (κ2) is 7.90. The zero-order valence-electron chi connectivity index (χ0n) is 11.8. The fourth-order valence-corrected chi connectivity index (χ4v) is 2.70. The van der Waals surface area contributed by atoms with Gasteiger partial charge in [0.15, 0.2) is 24.6 Å². The quantitative estimate of drug-likeness (QED) is 0.294. The van der Waals surface area contributed by atoms with E-state index in [4.69, 9.17) is 18.9 Å². The van der Waals surface area contributed by atoms with E-state index >= 15 is 0 Å². The molecule has 0 spiro atoms. The summed E-state index contributed by atoms with van der Waals surface area (Å²) < 4.78 is 20.8. The van der Waals surface area contributed by atoms with E-state index in [9.17, 15) is 19.5 Å². The van der Waals surface area contributed by atoms with E-state index in [0.29, 0.717) is 4.43 Å². The maximum atomic E-state index is 11.2. The summed E-state index contributed by atoms with van der Waals surface area (Å²) in [6.07, 6.45) is -5.56. The van der Waals surface area contributed by atoms with Crippen LogP contribution in [0.4, 0.5) is 0 Å². The Labute approximate surface area is 135 Å². The van der Waals surface area contributed by atoms with Gasteiger partial charge in [-0.3, -0.25) is 14.4 Å². The van der Waals surface area contributed by atoms with Crippen molar-refractivity contribution >= 4 is 40.5 Å². The van der Waals surface area contributed by atoms with Gasteiger partial charge in [0.05, 0.1) is 0 Å². The van der Waals surface area contributed by atoms with Crippen molar-refractivity contribution in [1.82, 2.24) is 0 Å². The summed E-state index contributed by atoms with van der Waals surface area (Å²) in [5.74, 6) is -1.95. The second-order valence-electron chi connectivity index (χ2n) is 4.44. The zero-order valence-corrected chi connectivity index (χ0v) is 13.9. The average Bonchev–Trinajstić information content (AvgIpc) is 2.35. The summed E-state index contributed by atoms with van der Waals surface area (Å²) in [5, 5.41) is 9.92. The van der Waals surface area contributed by atoms with E-state index in [-0.39, 0.29) is 0 Å². The highest BCUT2D eigenvalue weighted by Crippen LogP contribution is 2.28. The molecule has 0 amide bonds. The van der Waals surface area contributed by atoms with Gasteiger partial charge in [0, 0.05) is 25.2 Å². The monoisotopic (exact) mass is 416 g/mol. The third-order valence-corrected chi connectivity index (χ3v) is 3.54. The molecule has 0 aliphatic carbocycles. The van der Waals surface area contributed by atoms with Gasteiger partial charge < -0.3 is 24.1 Å². The molecule has 1 heterocycles. The van der Waals surface area contributed by atoms with Gasteiger partial charge in [-0.25, -0.2) is 0 Å². The first-order chi connectivity index (χ1) is 9.76. The molecule has 21 heavy (non-hydrogen) atoms. The molecule has 1 unspecified atom stereocenters. The van der Waals surface area contributed by atoms with Crippen LogP contribution in [-0.2, 0) is 33.3 Å². The number of rotatable bonds is 4. The molecule has 1 saturated heterocycles.